The van der Waals surface area contributed by atoms with Gasteiger partial charge in [0.2, 0.25) is 0 Å². The lowest BCUT2D eigenvalue weighted by atomic mass is 10.3. The van der Waals surface area contributed by atoms with Crippen LogP contribution in [-0.2, 0) is 0 Å². The maximum Gasteiger partial charge on any atom is 0.140 e. The third kappa shape index (κ3) is 2.81. The van der Waals surface area contributed by atoms with Gasteiger partial charge >= 0.3 is 0 Å². The molecule has 0 fully saturated rings. The van der Waals surface area contributed by atoms with Gasteiger partial charge in [-0.1, -0.05) is 18.5 Å². The van der Waals surface area contributed by atoms with Crippen LogP contribution in [0.2, 0.25) is 5.15 Å². The van der Waals surface area contributed by atoms with Gasteiger partial charge in [0.1, 0.15) is 11.0 Å². The Balaban J connectivity index is 1.95. The van der Waals surface area contributed by atoms with Crippen LogP contribution in [0.25, 0.3) is 22.4 Å². The topological polar surface area (TPSA) is 41.6 Å². The van der Waals surface area contributed by atoms with E-state index >= 15 is 0 Å². The largest absolute Gasteiger partial charge is 0.338 e. The van der Waals surface area contributed by atoms with Crippen molar-refractivity contribution in [2.75, 3.05) is 5.75 Å². The molecular formula is C15H14ClN3S. The van der Waals surface area contributed by atoms with Crippen LogP contribution in [0.15, 0.2) is 41.4 Å². The number of benzene rings is 1. The quantitative estimate of drug-likeness (QED) is 0.557. The van der Waals surface area contributed by atoms with E-state index in [0.29, 0.717) is 5.15 Å². The predicted molar refractivity (Wildman–Crippen MR) is 85.3 cm³/mol. The van der Waals surface area contributed by atoms with E-state index in [-0.39, 0.29) is 0 Å². The Morgan fingerprint density at radius 2 is 2.15 bits per heavy atom. The van der Waals surface area contributed by atoms with Crippen molar-refractivity contribution in [2.45, 2.75) is 18.2 Å². The van der Waals surface area contributed by atoms with E-state index in [9.17, 15) is 0 Å². The first-order valence-electron chi connectivity index (χ1n) is 6.51. The molecule has 0 aliphatic carbocycles. The third-order valence-electron chi connectivity index (χ3n) is 2.93. The summed E-state index contributed by atoms with van der Waals surface area (Å²) in [5.41, 5.74) is 2.96. The Hall–Kier alpha value is -1.52. The Kier molecular flexibility index (Phi) is 3.94. The first-order chi connectivity index (χ1) is 9.76. The van der Waals surface area contributed by atoms with Crippen molar-refractivity contribution in [1.82, 2.24) is 15.0 Å². The number of thioether (sulfide) groups is 1. The summed E-state index contributed by atoms with van der Waals surface area (Å²) >= 11 is 7.67. The summed E-state index contributed by atoms with van der Waals surface area (Å²) in [5.74, 6) is 1.95. The zero-order valence-electron chi connectivity index (χ0n) is 11.1. The molecule has 0 spiro atoms. The van der Waals surface area contributed by atoms with Gasteiger partial charge in [-0.05, 0) is 42.5 Å². The van der Waals surface area contributed by atoms with E-state index in [1.165, 1.54) is 11.3 Å². The van der Waals surface area contributed by atoms with Gasteiger partial charge in [-0.15, -0.1) is 11.8 Å². The highest BCUT2D eigenvalue weighted by atomic mass is 35.5. The van der Waals surface area contributed by atoms with Crippen LogP contribution in [0.4, 0.5) is 0 Å². The average Bonchev–Trinajstić information content (AvgIpc) is 2.89. The number of halogens is 1. The molecule has 0 radical (unpaired) electrons. The summed E-state index contributed by atoms with van der Waals surface area (Å²) in [7, 11) is 0. The van der Waals surface area contributed by atoms with Crippen LogP contribution < -0.4 is 0 Å². The number of nitrogens with one attached hydrogen (secondary N) is 1. The first-order valence-corrected chi connectivity index (χ1v) is 7.87. The van der Waals surface area contributed by atoms with E-state index in [2.05, 4.69) is 40.1 Å². The number of aromatic nitrogens is 3. The van der Waals surface area contributed by atoms with Crippen molar-refractivity contribution in [3.05, 3.63) is 41.7 Å². The fraction of sp³-hybridized carbons (Fsp3) is 0.200. The minimum atomic E-state index is 0.489. The van der Waals surface area contributed by atoms with E-state index in [0.717, 1.165) is 28.2 Å². The highest BCUT2D eigenvalue weighted by Crippen LogP contribution is 2.25. The van der Waals surface area contributed by atoms with Crippen LogP contribution >= 0.6 is 23.4 Å². The Morgan fingerprint density at radius 3 is 2.90 bits per heavy atom. The second-order valence-electron chi connectivity index (χ2n) is 4.48. The molecule has 0 saturated carbocycles. The van der Waals surface area contributed by atoms with E-state index in [4.69, 9.17) is 11.6 Å². The number of imidazole rings is 1. The van der Waals surface area contributed by atoms with Gasteiger partial charge in [-0.3, -0.25) is 0 Å². The lowest BCUT2D eigenvalue weighted by molar-refractivity contribution is 1.10. The number of nitrogens with zero attached hydrogens (tertiary/aromatic N) is 2. The fourth-order valence-corrected chi connectivity index (χ4v) is 2.87. The second kappa shape index (κ2) is 5.85. The zero-order chi connectivity index (χ0) is 13.9. The van der Waals surface area contributed by atoms with Crippen LogP contribution in [0.3, 0.4) is 0 Å². The summed E-state index contributed by atoms with van der Waals surface area (Å²) in [6, 6.07) is 10.0. The fourth-order valence-electron chi connectivity index (χ4n) is 1.95. The zero-order valence-corrected chi connectivity index (χ0v) is 12.6. The van der Waals surface area contributed by atoms with Gasteiger partial charge in [0, 0.05) is 16.7 Å². The molecule has 0 amide bonds. The summed E-state index contributed by atoms with van der Waals surface area (Å²) in [5, 5.41) is 0.489. The number of H-pyrrole nitrogens is 1. The molecule has 0 saturated heterocycles. The molecule has 102 valence electrons. The molecular weight excluding hydrogens is 290 g/mol. The minimum Gasteiger partial charge on any atom is -0.338 e. The third-order valence-corrected chi connectivity index (χ3v) is 4.35. The normalized spacial score (nSPS) is 11.1. The summed E-state index contributed by atoms with van der Waals surface area (Å²) in [4.78, 5) is 13.3. The molecule has 1 N–H and O–H groups in total. The van der Waals surface area contributed by atoms with Gasteiger partial charge in [-0.2, -0.15) is 0 Å². The molecule has 3 rings (SSSR count). The Bertz CT molecular complexity index is 722. The van der Waals surface area contributed by atoms with Crippen molar-refractivity contribution in [2.24, 2.45) is 0 Å². The van der Waals surface area contributed by atoms with Crippen molar-refractivity contribution < 1.29 is 0 Å². The minimum absolute atomic E-state index is 0.489. The number of hydrogen-bond acceptors (Lipinski definition) is 3. The molecule has 0 unspecified atom stereocenters. The number of fused-ring (bicyclic) bond motifs is 1. The van der Waals surface area contributed by atoms with Gasteiger partial charge < -0.3 is 4.98 Å². The van der Waals surface area contributed by atoms with Crippen LogP contribution in [-0.4, -0.2) is 20.7 Å². The Morgan fingerprint density at radius 1 is 1.25 bits per heavy atom. The molecule has 0 bridgehead atoms. The highest BCUT2D eigenvalue weighted by Gasteiger charge is 2.06. The van der Waals surface area contributed by atoms with Crippen LogP contribution in [0, 0.1) is 0 Å². The van der Waals surface area contributed by atoms with Gasteiger partial charge in [0.15, 0.2) is 0 Å². The highest BCUT2D eigenvalue weighted by molar-refractivity contribution is 7.99. The molecule has 0 atom stereocenters. The standard InChI is InChI=1S/C15H14ClN3S/c1-2-7-20-11-4-5-12-13(8-11)19-15(18-12)10-3-6-14(16)17-9-10/h3-6,8-9H,2,7H2,1H3,(H,18,19). The summed E-state index contributed by atoms with van der Waals surface area (Å²) in [6.45, 7) is 2.19. The molecule has 0 aliphatic heterocycles. The average molecular weight is 304 g/mol. The number of pyridine rings is 1. The van der Waals surface area contributed by atoms with Crippen LogP contribution in [0.5, 0.6) is 0 Å². The van der Waals surface area contributed by atoms with Gasteiger partial charge in [-0.25, -0.2) is 9.97 Å². The van der Waals surface area contributed by atoms with Gasteiger partial charge in [0.25, 0.3) is 0 Å². The van der Waals surface area contributed by atoms with E-state index in [1.807, 2.05) is 17.8 Å². The smallest absolute Gasteiger partial charge is 0.140 e. The molecule has 1 aromatic carbocycles. The first kappa shape index (κ1) is 13.5. The van der Waals surface area contributed by atoms with Crippen molar-refractivity contribution >= 4 is 34.4 Å². The van der Waals surface area contributed by atoms with Gasteiger partial charge in [0.05, 0.1) is 11.0 Å². The lowest BCUT2D eigenvalue weighted by Crippen LogP contribution is -1.81. The van der Waals surface area contributed by atoms with Crippen molar-refractivity contribution in [1.29, 1.82) is 0 Å². The molecule has 20 heavy (non-hydrogen) atoms. The van der Waals surface area contributed by atoms with Crippen molar-refractivity contribution in [3.63, 3.8) is 0 Å². The Labute approximate surface area is 126 Å². The monoisotopic (exact) mass is 303 g/mol. The predicted octanol–water partition coefficient (Wildman–Crippen LogP) is 4.78. The van der Waals surface area contributed by atoms with E-state index in [1.54, 1.807) is 12.3 Å². The van der Waals surface area contributed by atoms with Crippen molar-refractivity contribution in [3.8, 4) is 11.4 Å². The number of aromatic amines is 1. The maximum atomic E-state index is 5.80. The molecule has 2 heterocycles. The SMILES string of the molecule is CCCSc1ccc2nc(-c3ccc(Cl)nc3)[nH]c2c1. The molecule has 3 aromatic rings. The number of rotatable bonds is 4. The van der Waals surface area contributed by atoms with E-state index < -0.39 is 0 Å². The lowest BCUT2D eigenvalue weighted by Gasteiger charge is -1.98. The molecule has 3 nitrogen and oxygen atoms in total. The second-order valence-corrected chi connectivity index (χ2v) is 6.04. The molecule has 2 aromatic heterocycles. The summed E-state index contributed by atoms with van der Waals surface area (Å²) in [6.07, 6.45) is 2.90. The van der Waals surface area contributed by atoms with Crippen LogP contribution in [0.1, 0.15) is 13.3 Å². The number of hydrogen-bond donors (Lipinski definition) is 1. The maximum absolute atomic E-state index is 5.80. The summed E-state index contributed by atoms with van der Waals surface area (Å²) < 4.78 is 0. The molecule has 0 aliphatic rings. The molecule has 5 heteroatoms.